The Labute approximate surface area is 109 Å². The highest BCUT2D eigenvalue weighted by molar-refractivity contribution is 5.64. The first-order chi connectivity index (χ1) is 8.62. The Kier molecular flexibility index (Phi) is 3.97. The average Bonchev–Trinajstić information content (AvgIpc) is 2.40. The van der Waals surface area contributed by atoms with Crippen LogP contribution in [0.2, 0.25) is 0 Å². The summed E-state index contributed by atoms with van der Waals surface area (Å²) in [5, 5.41) is 3.50. The first-order valence-electron chi connectivity index (χ1n) is 6.55. The summed E-state index contributed by atoms with van der Waals surface area (Å²) in [6.07, 6.45) is 5.20. The molecule has 2 nitrogen and oxygen atoms in total. The molecular formula is C16H21NO. The van der Waals surface area contributed by atoms with Gasteiger partial charge in [-0.3, -0.25) is 0 Å². The quantitative estimate of drug-likeness (QED) is 0.651. The van der Waals surface area contributed by atoms with Gasteiger partial charge in [0.05, 0.1) is 0 Å². The lowest BCUT2D eigenvalue weighted by Gasteiger charge is -2.30. The van der Waals surface area contributed by atoms with Gasteiger partial charge in [-0.15, -0.1) is 0 Å². The summed E-state index contributed by atoms with van der Waals surface area (Å²) in [4.78, 5) is 11.1. The van der Waals surface area contributed by atoms with Crippen molar-refractivity contribution in [3.8, 4) is 0 Å². The van der Waals surface area contributed by atoms with E-state index in [9.17, 15) is 4.79 Å². The van der Waals surface area contributed by atoms with Gasteiger partial charge in [-0.05, 0) is 32.3 Å². The Balaban J connectivity index is 2.02. The third-order valence-electron chi connectivity index (χ3n) is 3.67. The van der Waals surface area contributed by atoms with E-state index in [2.05, 4.69) is 35.7 Å². The van der Waals surface area contributed by atoms with Crippen LogP contribution in [-0.2, 0) is 11.2 Å². The molecule has 0 fully saturated rings. The molecule has 0 bridgehead atoms. The van der Waals surface area contributed by atoms with E-state index in [1.807, 2.05) is 19.9 Å². The van der Waals surface area contributed by atoms with Gasteiger partial charge in [0.25, 0.3) is 0 Å². The molecule has 96 valence electrons. The molecular weight excluding hydrogens is 222 g/mol. The minimum atomic E-state index is -0.322. The van der Waals surface area contributed by atoms with Crippen LogP contribution in [0, 0.1) is 5.41 Å². The van der Waals surface area contributed by atoms with E-state index < -0.39 is 0 Å². The predicted octanol–water partition coefficient (Wildman–Crippen LogP) is 2.74. The maximum atomic E-state index is 11.1. The second kappa shape index (κ2) is 5.49. The normalized spacial score (nSPS) is 20.3. The summed E-state index contributed by atoms with van der Waals surface area (Å²) in [6, 6.07) is 10.9. The topological polar surface area (TPSA) is 29.1 Å². The van der Waals surface area contributed by atoms with E-state index >= 15 is 0 Å². The van der Waals surface area contributed by atoms with Crippen molar-refractivity contribution in [3.63, 3.8) is 0 Å². The SMILES string of the molecule is CC(C)(C=O)C1=CCNC(Cc2ccccc2)C1. The fourth-order valence-corrected chi connectivity index (χ4v) is 2.41. The first kappa shape index (κ1) is 13.0. The lowest BCUT2D eigenvalue weighted by atomic mass is 9.79. The van der Waals surface area contributed by atoms with Crippen LogP contribution in [0.4, 0.5) is 0 Å². The van der Waals surface area contributed by atoms with Gasteiger partial charge < -0.3 is 10.1 Å². The number of carbonyl (C=O) groups excluding carboxylic acids is 1. The fourth-order valence-electron chi connectivity index (χ4n) is 2.41. The molecule has 1 aromatic rings. The van der Waals surface area contributed by atoms with Gasteiger partial charge in [-0.25, -0.2) is 0 Å². The summed E-state index contributed by atoms with van der Waals surface area (Å²) < 4.78 is 0. The van der Waals surface area contributed by atoms with Gasteiger partial charge >= 0.3 is 0 Å². The van der Waals surface area contributed by atoms with Gasteiger partial charge in [-0.2, -0.15) is 0 Å². The van der Waals surface area contributed by atoms with Crippen LogP contribution in [-0.4, -0.2) is 18.9 Å². The lowest BCUT2D eigenvalue weighted by Crippen LogP contribution is -2.38. The van der Waals surface area contributed by atoms with Crippen molar-refractivity contribution in [2.75, 3.05) is 6.54 Å². The molecule has 2 rings (SSSR count). The van der Waals surface area contributed by atoms with Gasteiger partial charge in [0.2, 0.25) is 0 Å². The molecule has 1 aliphatic rings. The molecule has 2 heteroatoms. The highest BCUT2D eigenvalue weighted by Gasteiger charge is 2.27. The zero-order valence-corrected chi connectivity index (χ0v) is 11.1. The molecule has 0 spiro atoms. The van der Waals surface area contributed by atoms with Crippen molar-refractivity contribution in [1.82, 2.24) is 5.32 Å². The van der Waals surface area contributed by atoms with Crippen molar-refractivity contribution in [2.45, 2.75) is 32.7 Å². The zero-order chi connectivity index (χ0) is 13.0. The minimum Gasteiger partial charge on any atom is -0.310 e. The molecule has 0 amide bonds. The first-order valence-corrected chi connectivity index (χ1v) is 6.55. The third-order valence-corrected chi connectivity index (χ3v) is 3.67. The molecule has 18 heavy (non-hydrogen) atoms. The second-order valence-corrected chi connectivity index (χ2v) is 5.57. The van der Waals surface area contributed by atoms with Crippen molar-refractivity contribution in [1.29, 1.82) is 0 Å². The molecule has 0 aliphatic carbocycles. The Bertz CT molecular complexity index is 434. The number of hydrogen-bond donors (Lipinski definition) is 1. The van der Waals surface area contributed by atoms with Crippen molar-refractivity contribution in [2.24, 2.45) is 5.41 Å². The van der Waals surface area contributed by atoms with Gasteiger partial charge in [0, 0.05) is 18.0 Å². The van der Waals surface area contributed by atoms with E-state index in [0.717, 1.165) is 25.7 Å². The summed E-state index contributed by atoms with van der Waals surface area (Å²) in [5.74, 6) is 0. The summed E-state index contributed by atoms with van der Waals surface area (Å²) in [5.41, 5.74) is 2.29. The second-order valence-electron chi connectivity index (χ2n) is 5.57. The molecule has 1 unspecified atom stereocenters. The van der Waals surface area contributed by atoms with Crippen molar-refractivity contribution < 1.29 is 4.79 Å². The summed E-state index contributed by atoms with van der Waals surface area (Å²) in [6.45, 7) is 4.86. The molecule has 1 atom stereocenters. The molecule has 1 N–H and O–H groups in total. The predicted molar refractivity (Wildman–Crippen MR) is 74.5 cm³/mol. The number of benzene rings is 1. The largest absolute Gasteiger partial charge is 0.310 e. The highest BCUT2D eigenvalue weighted by Crippen LogP contribution is 2.29. The van der Waals surface area contributed by atoms with Crippen LogP contribution in [0.3, 0.4) is 0 Å². The molecule has 1 aliphatic heterocycles. The number of hydrogen-bond acceptors (Lipinski definition) is 2. The van der Waals surface area contributed by atoms with E-state index in [1.165, 1.54) is 11.1 Å². The Morgan fingerprint density at radius 2 is 2.06 bits per heavy atom. The average molecular weight is 243 g/mol. The zero-order valence-electron chi connectivity index (χ0n) is 11.1. The standard InChI is InChI=1S/C16H21NO/c1-16(2,12-18)14-8-9-17-15(11-14)10-13-6-4-3-5-7-13/h3-8,12,15,17H,9-11H2,1-2H3. The summed E-state index contributed by atoms with van der Waals surface area (Å²) in [7, 11) is 0. The Morgan fingerprint density at radius 3 is 2.72 bits per heavy atom. The van der Waals surface area contributed by atoms with E-state index in [0.29, 0.717) is 6.04 Å². The van der Waals surface area contributed by atoms with Crippen LogP contribution in [0.1, 0.15) is 25.8 Å². The Morgan fingerprint density at radius 1 is 1.33 bits per heavy atom. The van der Waals surface area contributed by atoms with Crippen molar-refractivity contribution >= 4 is 6.29 Å². The van der Waals surface area contributed by atoms with Crippen LogP contribution in [0.15, 0.2) is 42.0 Å². The molecule has 1 heterocycles. The molecule has 1 aromatic carbocycles. The smallest absolute Gasteiger partial charge is 0.129 e. The maximum absolute atomic E-state index is 11.1. The van der Waals surface area contributed by atoms with Crippen LogP contribution in [0.5, 0.6) is 0 Å². The number of rotatable bonds is 4. The van der Waals surface area contributed by atoms with Gasteiger partial charge in [-0.1, -0.05) is 42.0 Å². The third kappa shape index (κ3) is 3.08. The van der Waals surface area contributed by atoms with Crippen LogP contribution in [0.25, 0.3) is 0 Å². The Hall–Kier alpha value is -1.41. The fraction of sp³-hybridized carbons (Fsp3) is 0.438. The summed E-state index contributed by atoms with van der Waals surface area (Å²) >= 11 is 0. The molecule has 0 aromatic heterocycles. The van der Waals surface area contributed by atoms with Crippen LogP contribution >= 0.6 is 0 Å². The monoisotopic (exact) mass is 243 g/mol. The number of carbonyl (C=O) groups is 1. The van der Waals surface area contributed by atoms with Crippen LogP contribution < -0.4 is 5.32 Å². The molecule has 0 saturated carbocycles. The highest BCUT2D eigenvalue weighted by atomic mass is 16.1. The number of nitrogens with one attached hydrogen (secondary N) is 1. The molecule has 0 radical (unpaired) electrons. The maximum Gasteiger partial charge on any atom is 0.129 e. The minimum absolute atomic E-state index is 0.322. The lowest BCUT2D eigenvalue weighted by molar-refractivity contribution is -0.113. The van der Waals surface area contributed by atoms with E-state index in [-0.39, 0.29) is 5.41 Å². The van der Waals surface area contributed by atoms with E-state index in [4.69, 9.17) is 0 Å². The van der Waals surface area contributed by atoms with E-state index in [1.54, 1.807) is 0 Å². The number of aldehydes is 1. The molecule has 0 saturated heterocycles. The van der Waals surface area contributed by atoms with Gasteiger partial charge in [0.15, 0.2) is 0 Å². The van der Waals surface area contributed by atoms with Gasteiger partial charge in [0.1, 0.15) is 6.29 Å². The van der Waals surface area contributed by atoms with Crippen molar-refractivity contribution in [3.05, 3.63) is 47.5 Å².